The van der Waals surface area contributed by atoms with Gasteiger partial charge in [-0.25, -0.2) is 8.42 Å². The van der Waals surface area contributed by atoms with E-state index in [1.807, 2.05) is 6.07 Å². The van der Waals surface area contributed by atoms with Gasteiger partial charge in [-0.05, 0) is 12.1 Å². The summed E-state index contributed by atoms with van der Waals surface area (Å²) in [6.07, 6.45) is 3.23. The van der Waals surface area contributed by atoms with Crippen molar-refractivity contribution in [3.63, 3.8) is 0 Å². The van der Waals surface area contributed by atoms with E-state index in [0.717, 1.165) is 5.39 Å². The predicted molar refractivity (Wildman–Crippen MR) is 81.4 cm³/mol. The van der Waals surface area contributed by atoms with Gasteiger partial charge in [-0.15, -0.1) is 0 Å². The third-order valence-corrected chi connectivity index (χ3v) is 5.08. The summed E-state index contributed by atoms with van der Waals surface area (Å²) in [5, 5.41) is 1.44. The maximum absolute atomic E-state index is 12.7. The van der Waals surface area contributed by atoms with Crippen molar-refractivity contribution in [2.24, 2.45) is 5.73 Å². The van der Waals surface area contributed by atoms with Crippen molar-refractivity contribution in [2.45, 2.75) is 10.9 Å². The monoisotopic (exact) mass is 309 g/mol. The maximum atomic E-state index is 12.7. The molecule has 1 unspecified atom stereocenters. The molecule has 2 rings (SSSR count). The molecule has 0 aliphatic rings. The summed E-state index contributed by atoms with van der Waals surface area (Å²) < 4.78 is 31.6. The number of hydrogen-bond acceptors (Lipinski definition) is 5. The van der Waals surface area contributed by atoms with Crippen molar-refractivity contribution in [2.75, 3.05) is 27.3 Å². The number of nitrogens with two attached hydrogens (primary N) is 1. The predicted octanol–water partition coefficient (Wildman–Crippen LogP) is 0.829. The third kappa shape index (κ3) is 3.38. The Labute approximate surface area is 124 Å². The minimum Gasteiger partial charge on any atom is -0.383 e. The Morgan fingerprint density at radius 1 is 1.38 bits per heavy atom. The molecule has 1 aromatic carbocycles. The fourth-order valence-corrected chi connectivity index (χ4v) is 3.62. The minimum absolute atomic E-state index is 0.192. The van der Waals surface area contributed by atoms with Gasteiger partial charge in [0.1, 0.15) is 0 Å². The van der Waals surface area contributed by atoms with Crippen LogP contribution in [0, 0.1) is 0 Å². The van der Waals surface area contributed by atoms with Crippen LogP contribution in [0.3, 0.4) is 0 Å². The van der Waals surface area contributed by atoms with Gasteiger partial charge in [-0.1, -0.05) is 12.1 Å². The lowest BCUT2D eigenvalue weighted by Crippen LogP contribution is -2.41. The SMILES string of the molecule is COCC(N)CN(C)S(=O)(=O)c1cccc2cnccc12. The first-order valence-electron chi connectivity index (χ1n) is 6.50. The van der Waals surface area contributed by atoms with Crippen molar-refractivity contribution in [3.8, 4) is 0 Å². The van der Waals surface area contributed by atoms with Crippen LogP contribution in [0.15, 0.2) is 41.6 Å². The Morgan fingerprint density at radius 3 is 2.86 bits per heavy atom. The smallest absolute Gasteiger partial charge is 0.243 e. The molecule has 0 aliphatic heterocycles. The lowest BCUT2D eigenvalue weighted by Gasteiger charge is -2.21. The number of nitrogens with zero attached hydrogens (tertiary/aromatic N) is 2. The lowest BCUT2D eigenvalue weighted by molar-refractivity contribution is 0.173. The second kappa shape index (κ2) is 6.48. The fourth-order valence-electron chi connectivity index (χ4n) is 2.18. The van der Waals surface area contributed by atoms with Gasteiger partial charge < -0.3 is 10.5 Å². The summed E-state index contributed by atoms with van der Waals surface area (Å²) in [4.78, 5) is 4.27. The van der Waals surface area contributed by atoms with E-state index in [0.29, 0.717) is 12.0 Å². The molecule has 7 heteroatoms. The average molecular weight is 309 g/mol. The van der Waals surface area contributed by atoms with Crippen LogP contribution in [0.4, 0.5) is 0 Å². The number of fused-ring (bicyclic) bond motifs is 1. The fraction of sp³-hybridized carbons (Fsp3) is 0.357. The Bertz CT molecular complexity index is 713. The van der Waals surface area contributed by atoms with E-state index in [1.54, 1.807) is 30.6 Å². The van der Waals surface area contributed by atoms with Gasteiger partial charge in [0, 0.05) is 49.9 Å². The van der Waals surface area contributed by atoms with Gasteiger partial charge in [0.2, 0.25) is 10.0 Å². The summed E-state index contributed by atoms with van der Waals surface area (Å²) >= 11 is 0. The third-order valence-electron chi connectivity index (χ3n) is 3.20. The van der Waals surface area contributed by atoms with Crippen LogP contribution >= 0.6 is 0 Å². The van der Waals surface area contributed by atoms with Gasteiger partial charge in [0.15, 0.2) is 0 Å². The van der Waals surface area contributed by atoms with E-state index in [9.17, 15) is 8.42 Å². The van der Waals surface area contributed by atoms with E-state index in [-0.39, 0.29) is 17.5 Å². The topological polar surface area (TPSA) is 85.5 Å². The van der Waals surface area contributed by atoms with Crippen molar-refractivity contribution >= 4 is 20.8 Å². The molecule has 0 aliphatic carbocycles. The highest BCUT2D eigenvalue weighted by atomic mass is 32.2. The Balaban J connectivity index is 2.38. The summed E-state index contributed by atoms with van der Waals surface area (Å²) in [5.41, 5.74) is 5.83. The molecule has 2 aromatic rings. The van der Waals surface area contributed by atoms with Crippen LogP contribution < -0.4 is 5.73 Å². The lowest BCUT2D eigenvalue weighted by atomic mass is 10.2. The number of aromatic nitrogens is 1. The highest BCUT2D eigenvalue weighted by Gasteiger charge is 2.24. The van der Waals surface area contributed by atoms with Crippen LogP contribution in [-0.2, 0) is 14.8 Å². The summed E-state index contributed by atoms with van der Waals surface area (Å²) in [5.74, 6) is 0. The number of sulfonamides is 1. The highest BCUT2D eigenvalue weighted by Crippen LogP contribution is 2.24. The molecule has 0 saturated heterocycles. The zero-order chi connectivity index (χ0) is 15.5. The molecule has 1 atom stereocenters. The normalized spacial score (nSPS) is 13.7. The Hall–Kier alpha value is -1.54. The first-order valence-corrected chi connectivity index (χ1v) is 7.94. The zero-order valence-electron chi connectivity index (χ0n) is 12.1. The molecular weight excluding hydrogens is 290 g/mol. The van der Waals surface area contributed by atoms with Crippen LogP contribution in [0.2, 0.25) is 0 Å². The molecule has 114 valence electrons. The molecule has 0 fully saturated rings. The van der Waals surface area contributed by atoms with Crippen LogP contribution in [-0.4, -0.2) is 51.1 Å². The van der Waals surface area contributed by atoms with Crippen molar-refractivity contribution in [1.82, 2.24) is 9.29 Å². The number of hydrogen-bond donors (Lipinski definition) is 1. The van der Waals surface area contributed by atoms with Crippen LogP contribution in [0.5, 0.6) is 0 Å². The molecule has 1 aromatic heterocycles. The average Bonchev–Trinajstić information content (AvgIpc) is 2.46. The van der Waals surface area contributed by atoms with Crippen molar-refractivity contribution in [3.05, 3.63) is 36.7 Å². The molecule has 0 radical (unpaired) electrons. The number of methoxy groups -OCH3 is 1. The highest BCUT2D eigenvalue weighted by molar-refractivity contribution is 7.89. The largest absolute Gasteiger partial charge is 0.383 e. The molecule has 2 N–H and O–H groups in total. The van der Waals surface area contributed by atoms with Crippen molar-refractivity contribution in [1.29, 1.82) is 0 Å². The molecule has 21 heavy (non-hydrogen) atoms. The number of benzene rings is 1. The molecule has 0 spiro atoms. The summed E-state index contributed by atoms with van der Waals surface area (Å²) in [6, 6.07) is 6.46. The quantitative estimate of drug-likeness (QED) is 0.854. The van der Waals surface area contributed by atoms with Gasteiger partial charge >= 0.3 is 0 Å². The number of pyridine rings is 1. The zero-order valence-corrected chi connectivity index (χ0v) is 12.9. The van der Waals surface area contributed by atoms with Crippen LogP contribution in [0.25, 0.3) is 10.8 Å². The van der Waals surface area contributed by atoms with Gasteiger partial charge in [-0.2, -0.15) is 4.31 Å². The van der Waals surface area contributed by atoms with Gasteiger partial charge in [-0.3, -0.25) is 4.98 Å². The van der Waals surface area contributed by atoms with E-state index >= 15 is 0 Å². The first kappa shape index (κ1) is 15.8. The van der Waals surface area contributed by atoms with Gasteiger partial charge in [0.05, 0.1) is 11.5 Å². The molecule has 0 bridgehead atoms. The minimum atomic E-state index is -3.61. The molecule has 0 saturated carbocycles. The standard InChI is InChI=1S/C14H19N3O3S/c1-17(9-12(15)10-20-2)21(18,19)14-5-3-4-11-8-16-7-6-13(11)14/h3-8,12H,9-10,15H2,1-2H3. The van der Waals surface area contributed by atoms with E-state index in [1.165, 1.54) is 18.5 Å². The first-order chi connectivity index (χ1) is 9.96. The number of likely N-dealkylation sites (N-methyl/N-ethyl adjacent to an activating group) is 1. The van der Waals surface area contributed by atoms with Gasteiger partial charge in [0.25, 0.3) is 0 Å². The number of ether oxygens (including phenoxy) is 1. The molecule has 6 nitrogen and oxygen atoms in total. The summed E-state index contributed by atoms with van der Waals surface area (Å²) in [7, 11) is -0.556. The summed E-state index contributed by atoms with van der Waals surface area (Å²) in [6.45, 7) is 0.497. The van der Waals surface area contributed by atoms with E-state index < -0.39 is 10.0 Å². The van der Waals surface area contributed by atoms with Crippen LogP contribution in [0.1, 0.15) is 0 Å². The molecule has 0 amide bonds. The van der Waals surface area contributed by atoms with Crippen molar-refractivity contribution < 1.29 is 13.2 Å². The maximum Gasteiger partial charge on any atom is 0.243 e. The molecule has 1 heterocycles. The van der Waals surface area contributed by atoms with E-state index in [2.05, 4.69) is 4.98 Å². The Morgan fingerprint density at radius 2 is 2.14 bits per heavy atom. The number of rotatable bonds is 6. The Kier molecular flexibility index (Phi) is 4.89. The molecular formula is C14H19N3O3S. The second-order valence-corrected chi connectivity index (χ2v) is 6.87. The van der Waals surface area contributed by atoms with E-state index in [4.69, 9.17) is 10.5 Å². The second-order valence-electron chi connectivity index (χ2n) is 4.85.